The molecular formula is C15H23NO3S. The first-order chi connectivity index (χ1) is 9.62. The average Bonchev–Trinajstić information content (AvgIpc) is 2.42. The summed E-state index contributed by atoms with van der Waals surface area (Å²) < 4.78 is 27.6. The van der Waals surface area contributed by atoms with Gasteiger partial charge in [-0.1, -0.05) is 44.2 Å². The Bertz CT molecular complexity index is 520. The number of rotatable bonds is 4. The Morgan fingerprint density at radius 2 is 1.75 bits per heavy atom. The summed E-state index contributed by atoms with van der Waals surface area (Å²) in [6.07, 6.45) is 7.65. The molecule has 0 unspecified atom stereocenters. The van der Waals surface area contributed by atoms with Crippen LogP contribution in [0, 0.1) is 0 Å². The van der Waals surface area contributed by atoms with Crippen LogP contribution < -0.4 is 4.72 Å². The van der Waals surface area contributed by atoms with Gasteiger partial charge in [0.15, 0.2) is 0 Å². The smallest absolute Gasteiger partial charge is 0.240 e. The Labute approximate surface area is 121 Å². The van der Waals surface area contributed by atoms with E-state index in [9.17, 15) is 8.42 Å². The summed E-state index contributed by atoms with van der Waals surface area (Å²) >= 11 is 0. The van der Waals surface area contributed by atoms with Crippen LogP contribution >= 0.6 is 0 Å². The van der Waals surface area contributed by atoms with E-state index in [0.29, 0.717) is 5.56 Å². The van der Waals surface area contributed by atoms with E-state index in [1.165, 1.54) is 25.3 Å². The highest BCUT2D eigenvalue weighted by Gasteiger charge is 2.20. The maximum atomic E-state index is 12.4. The number of hydrogen-bond acceptors (Lipinski definition) is 3. The zero-order valence-corrected chi connectivity index (χ0v) is 12.5. The van der Waals surface area contributed by atoms with E-state index in [2.05, 4.69) is 4.72 Å². The van der Waals surface area contributed by atoms with Crippen molar-refractivity contribution in [2.45, 2.75) is 62.5 Å². The number of benzene rings is 1. The van der Waals surface area contributed by atoms with Gasteiger partial charge in [0, 0.05) is 6.04 Å². The predicted molar refractivity (Wildman–Crippen MR) is 78.8 cm³/mol. The molecule has 1 aliphatic rings. The van der Waals surface area contributed by atoms with E-state index in [1.807, 2.05) is 0 Å². The monoisotopic (exact) mass is 297 g/mol. The molecule has 0 spiro atoms. The van der Waals surface area contributed by atoms with Crippen LogP contribution in [0.1, 0.15) is 50.5 Å². The van der Waals surface area contributed by atoms with Crippen LogP contribution in [0.3, 0.4) is 0 Å². The second-order valence-corrected chi connectivity index (χ2v) is 7.18. The van der Waals surface area contributed by atoms with E-state index in [1.54, 1.807) is 18.2 Å². The third-order valence-electron chi connectivity index (χ3n) is 3.82. The number of aliphatic hydroxyl groups excluding tert-OH is 1. The van der Waals surface area contributed by atoms with E-state index in [-0.39, 0.29) is 17.5 Å². The fourth-order valence-electron chi connectivity index (χ4n) is 2.67. The number of nitrogens with one attached hydrogen (secondary N) is 1. The summed E-state index contributed by atoms with van der Waals surface area (Å²) in [6, 6.07) is 6.53. The summed E-state index contributed by atoms with van der Waals surface area (Å²) in [5.41, 5.74) is 0.616. The molecular weight excluding hydrogens is 274 g/mol. The molecule has 2 N–H and O–H groups in total. The highest BCUT2D eigenvalue weighted by Crippen LogP contribution is 2.19. The molecule has 1 saturated carbocycles. The van der Waals surface area contributed by atoms with Crippen molar-refractivity contribution in [2.24, 2.45) is 0 Å². The van der Waals surface area contributed by atoms with Crippen molar-refractivity contribution in [3.8, 4) is 0 Å². The molecule has 1 aromatic carbocycles. The first-order valence-electron chi connectivity index (χ1n) is 7.34. The highest BCUT2D eigenvalue weighted by molar-refractivity contribution is 7.89. The predicted octanol–water partition coefficient (Wildman–Crippen LogP) is 2.57. The molecule has 20 heavy (non-hydrogen) atoms. The minimum atomic E-state index is -3.48. The maximum Gasteiger partial charge on any atom is 0.240 e. The van der Waals surface area contributed by atoms with Crippen molar-refractivity contribution in [3.05, 3.63) is 29.8 Å². The normalized spacial score (nSPS) is 18.4. The second-order valence-electron chi connectivity index (χ2n) is 5.47. The van der Waals surface area contributed by atoms with Gasteiger partial charge in [-0.2, -0.15) is 0 Å². The molecule has 2 rings (SSSR count). The summed E-state index contributed by atoms with van der Waals surface area (Å²) in [4.78, 5) is 0.242. The Morgan fingerprint density at radius 1 is 1.10 bits per heavy atom. The van der Waals surface area contributed by atoms with Gasteiger partial charge in [0.1, 0.15) is 0 Å². The van der Waals surface area contributed by atoms with Gasteiger partial charge in [-0.25, -0.2) is 13.1 Å². The molecule has 5 heteroatoms. The van der Waals surface area contributed by atoms with Gasteiger partial charge in [0.25, 0.3) is 0 Å². The molecule has 0 atom stereocenters. The van der Waals surface area contributed by atoms with Gasteiger partial charge in [-0.3, -0.25) is 0 Å². The van der Waals surface area contributed by atoms with Gasteiger partial charge >= 0.3 is 0 Å². The minimum absolute atomic E-state index is 0.0399. The van der Waals surface area contributed by atoms with Crippen molar-refractivity contribution in [3.63, 3.8) is 0 Å². The van der Waals surface area contributed by atoms with Crippen LogP contribution in [0.25, 0.3) is 0 Å². The van der Waals surface area contributed by atoms with Crippen molar-refractivity contribution in [2.75, 3.05) is 0 Å². The molecule has 112 valence electrons. The van der Waals surface area contributed by atoms with Crippen molar-refractivity contribution >= 4 is 10.0 Å². The molecule has 0 radical (unpaired) electrons. The summed E-state index contributed by atoms with van der Waals surface area (Å²) in [5.74, 6) is 0. The van der Waals surface area contributed by atoms with E-state index < -0.39 is 10.0 Å². The number of hydrogen-bond donors (Lipinski definition) is 2. The molecule has 0 heterocycles. The van der Waals surface area contributed by atoms with E-state index >= 15 is 0 Å². The van der Waals surface area contributed by atoms with E-state index in [0.717, 1.165) is 25.7 Å². The molecule has 1 aliphatic carbocycles. The molecule has 0 aliphatic heterocycles. The lowest BCUT2D eigenvalue weighted by atomic mass is 9.97. The van der Waals surface area contributed by atoms with Gasteiger partial charge in [0.05, 0.1) is 11.5 Å². The third kappa shape index (κ3) is 4.30. The maximum absolute atomic E-state index is 12.4. The Morgan fingerprint density at radius 3 is 2.40 bits per heavy atom. The molecule has 0 bridgehead atoms. The van der Waals surface area contributed by atoms with Crippen molar-refractivity contribution in [1.29, 1.82) is 0 Å². The van der Waals surface area contributed by atoms with Gasteiger partial charge in [0.2, 0.25) is 10.0 Å². The minimum Gasteiger partial charge on any atom is -0.392 e. The van der Waals surface area contributed by atoms with Gasteiger partial charge in [-0.05, 0) is 30.5 Å². The quantitative estimate of drug-likeness (QED) is 0.897. The fourth-order valence-corrected chi connectivity index (χ4v) is 4.05. The SMILES string of the molecule is O=S(=O)(NC1CCCCCCC1)c1cccc(CO)c1. The van der Waals surface area contributed by atoms with Crippen LogP contribution in [0.5, 0.6) is 0 Å². The van der Waals surface area contributed by atoms with Gasteiger partial charge < -0.3 is 5.11 Å². The lowest BCUT2D eigenvalue weighted by molar-refractivity contribution is 0.281. The van der Waals surface area contributed by atoms with Crippen LogP contribution in [0.2, 0.25) is 0 Å². The first kappa shape index (κ1) is 15.5. The zero-order valence-electron chi connectivity index (χ0n) is 11.7. The molecule has 1 fully saturated rings. The standard InChI is InChI=1S/C15H23NO3S/c17-12-13-7-6-10-15(11-13)20(18,19)16-14-8-4-2-1-3-5-9-14/h6-7,10-11,14,16-17H,1-5,8-9,12H2. The lowest BCUT2D eigenvalue weighted by Crippen LogP contribution is -2.35. The van der Waals surface area contributed by atoms with Crippen LogP contribution in [0.4, 0.5) is 0 Å². The second kappa shape index (κ2) is 7.20. The fraction of sp³-hybridized carbons (Fsp3) is 0.600. The van der Waals surface area contributed by atoms with Crippen LogP contribution in [-0.4, -0.2) is 19.6 Å². The number of aliphatic hydroxyl groups is 1. The van der Waals surface area contributed by atoms with Gasteiger partial charge in [-0.15, -0.1) is 0 Å². The summed E-state index contributed by atoms with van der Waals surface area (Å²) in [6.45, 7) is -0.146. The first-order valence-corrected chi connectivity index (χ1v) is 8.82. The molecule has 0 saturated heterocycles. The average molecular weight is 297 g/mol. The molecule has 1 aromatic rings. The highest BCUT2D eigenvalue weighted by atomic mass is 32.2. The number of sulfonamides is 1. The largest absolute Gasteiger partial charge is 0.392 e. The molecule has 0 aromatic heterocycles. The van der Waals surface area contributed by atoms with Crippen molar-refractivity contribution in [1.82, 2.24) is 4.72 Å². The topological polar surface area (TPSA) is 66.4 Å². The van der Waals surface area contributed by atoms with Crippen molar-refractivity contribution < 1.29 is 13.5 Å². The van der Waals surface area contributed by atoms with Crippen LogP contribution in [-0.2, 0) is 16.6 Å². The summed E-state index contributed by atoms with van der Waals surface area (Å²) in [7, 11) is -3.48. The lowest BCUT2D eigenvalue weighted by Gasteiger charge is -2.21. The van der Waals surface area contributed by atoms with Crippen LogP contribution in [0.15, 0.2) is 29.2 Å². The van der Waals surface area contributed by atoms with E-state index in [4.69, 9.17) is 5.11 Å². The zero-order chi connectivity index (χ0) is 14.4. The Kier molecular flexibility index (Phi) is 5.57. The summed E-state index contributed by atoms with van der Waals surface area (Å²) in [5, 5.41) is 9.10. The molecule has 0 amide bonds. The third-order valence-corrected chi connectivity index (χ3v) is 5.34. The Hall–Kier alpha value is -0.910. The Balaban J connectivity index is 2.08. The molecule has 4 nitrogen and oxygen atoms in total.